The Morgan fingerprint density at radius 3 is 3.12 bits per heavy atom. The number of hydrogen-bond donors (Lipinski definition) is 2. The maximum absolute atomic E-state index is 8.81. The number of imidazole rings is 1. The standard InChI is InChI=1S/C11H12N4O/c12-5-9-1-2-11-14-7-10(15(11)8-9)6-13-3-4-16/h1-2,7-8,13,16H,3-4,6H2. The predicted octanol–water partition coefficient (Wildman–Crippen LogP) is 0.288. The maximum atomic E-state index is 8.81. The van der Waals surface area contributed by atoms with Crippen LogP contribution in [-0.4, -0.2) is 27.6 Å². The molecule has 2 rings (SSSR count). The third-order valence-corrected chi connectivity index (χ3v) is 2.31. The Labute approximate surface area is 93.0 Å². The van der Waals surface area contributed by atoms with Crippen molar-refractivity contribution in [2.24, 2.45) is 0 Å². The lowest BCUT2D eigenvalue weighted by Gasteiger charge is -2.03. The van der Waals surface area contributed by atoms with Gasteiger partial charge in [-0.2, -0.15) is 5.26 Å². The number of aliphatic hydroxyl groups is 1. The third kappa shape index (κ3) is 2.03. The zero-order valence-electron chi connectivity index (χ0n) is 8.72. The number of aliphatic hydroxyl groups excluding tert-OH is 1. The fraction of sp³-hybridized carbons (Fsp3) is 0.273. The number of aromatic nitrogens is 2. The highest BCUT2D eigenvalue weighted by molar-refractivity contribution is 5.44. The molecule has 82 valence electrons. The maximum Gasteiger partial charge on any atom is 0.137 e. The van der Waals surface area contributed by atoms with Crippen LogP contribution in [0.3, 0.4) is 0 Å². The minimum Gasteiger partial charge on any atom is -0.395 e. The van der Waals surface area contributed by atoms with Crippen molar-refractivity contribution in [1.82, 2.24) is 14.7 Å². The molecule has 2 heterocycles. The molecule has 5 heteroatoms. The van der Waals surface area contributed by atoms with E-state index < -0.39 is 0 Å². The molecule has 0 aliphatic carbocycles. The van der Waals surface area contributed by atoms with Crippen LogP contribution in [0.15, 0.2) is 24.5 Å². The average Bonchev–Trinajstić information content (AvgIpc) is 2.72. The fourth-order valence-corrected chi connectivity index (χ4v) is 1.52. The van der Waals surface area contributed by atoms with E-state index in [4.69, 9.17) is 10.4 Å². The van der Waals surface area contributed by atoms with E-state index >= 15 is 0 Å². The van der Waals surface area contributed by atoms with Crippen LogP contribution in [0.2, 0.25) is 0 Å². The quantitative estimate of drug-likeness (QED) is 0.720. The Balaban J connectivity index is 2.28. The summed E-state index contributed by atoms with van der Waals surface area (Å²) in [5, 5.41) is 20.5. The molecule has 16 heavy (non-hydrogen) atoms. The number of pyridine rings is 1. The molecule has 0 spiro atoms. The van der Waals surface area contributed by atoms with Gasteiger partial charge in [0.15, 0.2) is 0 Å². The molecule has 0 aliphatic rings. The number of hydrogen-bond acceptors (Lipinski definition) is 4. The first-order chi connectivity index (χ1) is 7.85. The van der Waals surface area contributed by atoms with Gasteiger partial charge in [0, 0.05) is 19.3 Å². The summed E-state index contributed by atoms with van der Waals surface area (Å²) >= 11 is 0. The Bertz CT molecular complexity index is 526. The van der Waals surface area contributed by atoms with Crippen LogP contribution in [-0.2, 0) is 6.54 Å². The highest BCUT2D eigenvalue weighted by atomic mass is 16.3. The number of nitriles is 1. The van der Waals surface area contributed by atoms with Crippen molar-refractivity contribution >= 4 is 5.65 Å². The lowest BCUT2D eigenvalue weighted by Crippen LogP contribution is -2.18. The van der Waals surface area contributed by atoms with Gasteiger partial charge < -0.3 is 14.8 Å². The fourth-order valence-electron chi connectivity index (χ4n) is 1.52. The van der Waals surface area contributed by atoms with Gasteiger partial charge in [0.2, 0.25) is 0 Å². The number of fused-ring (bicyclic) bond motifs is 1. The molecule has 2 aromatic heterocycles. The van der Waals surface area contributed by atoms with Crippen LogP contribution in [0, 0.1) is 11.3 Å². The van der Waals surface area contributed by atoms with Crippen molar-refractivity contribution in [3.63, 3.8) is 0 Å². The molecule has 0 saturated carbocycles. The Kier molecular flexibility index (Phi) is 3.15. The summed E-state index contributed by atoms with van der Waals surface area (Å²) < 4.78 is 1.88. The zero-order valence-corrected chi connectivity index (χ0v) is 8.72. The van der Waals surface area contributed by atoms with Crippen molar-refractivity contribution in [1.29, 1.82) is 5.26 Å². The summed E-state index contributed by atoms with van der Waals surface area (Å²) in [5.74, 6) is 0. The largest absolute Gasteiger partial charge is 0.395 e. The minimum absolute atomic E-state index is 0.111. The van der Waals surface area contributed by atoms with Gasteiger partial charge in [0.05, 0.1) is 24.1 Å². The molecule has 0 unspecified atom stereocenters. The summed E-state index contributed by atoms with van der Waals surface area (Å²) in [5.41, 5.74) is 2.40. The summed E-state index contributed by atoms with van der Waals surface area (Å²) in [4.78, 5) is 4.22. The van der Waals surface area contributed by atoms with Gasteiger partial charge in [0.1, 0.15) is 11.7 Å². The molecule has 0 atom stereocenters. The second-order valence-corrected chi connectivity index (χ2v) is 3.41. The van der Waals surface area contributed by atoms with Crippen LogP contribution in [0.5, 0.6) is 0 Å². The zero-order chi connectivity index (χ0) is 11.4. The first kappa shape index (κ1) is 10.6. The van der Waals surface area contributed by atoms with E-state index in [0.29, 0.717) is 18.7 Å². The molecular formula is C11H12N4O. The molecule has 0 aliphatic heterocycles. The van der Waals surface area contributed by atoms with E-state index in [1.807, 2.05) is 10.5 Å². The Hall–Kier alpha value is -1.90. The summed E-state index contributed by atoms with van der Waals surface area (Å²) in [6.07, 6.45) is 3.53. The molecule has 0 saturated heterocycles. The van der Waals surface area contributed by atoms with Crippen molar-refractivity contribution in [2.45, 2.75) is 6.54 Å². The Morgan fingerprint density at radius 2 is 2.38 bits per heavy atom. The Morgan fingerprint density at radius 1 is 1.50 bits per heavy atom. The summed E-state index contributed by atoms with van der Waals surface area (Å²) in [7, 11) is 0. The topological polar surface area (TPSA) is 73.3 Å². The number of nitrogens with one attached hydrogen (secondary N) is 1. The van der Waals surface area contributed by atoms with Crippen molar-refractivity contribution in [3.05, 3.63) is 35.8 Å². The molecule has 0 amide bonds. The van der Waals surface area contributed by atoms with Gasteiger partial charge in [-0.25, -0.2) is 4.98 Å². The van der Waals surface area contributed by atoms with Gasteiger partial charge >= 0.3 is 0 Å². The average molecular weight is 216 g/mol. The van der Waals surface area contributed by atoms with E-state index in [0.717, 1.165) is 11.3 Å². The summed E-state index contributed by atoms with van der Waals surface area (Å²) in [6, 6.07) is 5.65. The lowest BCUT2D eigenvalue weighted by atomic mass is 10.3. The monoisotopic (exact) mass is 216 g/mol. The number of rotatable bonds is 4. The second-order valence-electron chi connectivity index (χ2n) is 3.41. The van der Waals surface area contributed by atoms with Crippen LogP contribution in [0.4, 0.5) is 0 Å². The van der Waals surface area contributed by atoms with Crippen LogP contribution < -0.4 is 5.32 Å². The third-order valence-electron chi connectivity index (χ3n) is 2.31. The van der Waals surface area contributed by atoms with Crippen LogP contribution in [0.1, 0.15) is 11.3 Å². The first-order valence-electron chi connectivity index (χ1n) is 5.03. The summed E-state index contributed by atoms with van der Waals surface area (Å²) in [6.45, 7) is 1.28. The first-order valence-corrected chi connectivity index (χ1v) is 5.03. The van der Waals surface area contributed by atoms with Gasteiger partial charge in [-0.15, -0.1) is 0 Å². The van der Waals surface area contributed by atoms with Crippen LogP contribution >= 0.6 is 0 Å². The van der Waals surface area contributed by atoms with E-state index in [-0.39, 0.29) is 6.61 Å². The molecule has 0 radical (unpaired) electrons. The molecule has 5 nitrogen and oxygen atoms in total. The van der Waals surface area contributed by atoms with Gasteiger partial charge in [-0.1, -0.05) is 0 Å². The van der Waals surface area contributed by atoms with Gasteiger partial charge in [0.25, 0.3) is 0 Å². The number of nitrogens with zero attached hydrogens (tertiary/aromatic N) is 3. The van der Waals surface area contributed by atoms with E-state index in [1.165, 1.54) is 0 Å². The second kappa shape index (κ2) is 4.75. The van der Waals surface area contributed by atoms with Crippen molar-refractivity contribution in [2.75, 3.05) is 13.2 Å². The van der Waals surface area contributed by atoms with Crippen molar-refractivity contribution in [3.8, 4) is 6.07 Å². The smallest absolute Gasteiger partial charge is 0.137 e. The SMILES string of the molecule is N#Cc1ccc2ncc(CNCCO)n2c1. The van der Waals surface area contributed by atoms with Gasteiger partial charge in [-0.3, -0.25) is 0 Å². The molecule has 0 bridgehead atoms. The highest BCUT2D eigenvalue weighted by Crippen LogP contribution is 2.08. The highest BCUT2D eigenvalue weighted by Gasteiger charge is 2.03. The van der Waals surface area contributed by atoms with Crippen LogP contribution in [0.25, 0.3) is 5.65 Å². The van der Waals surface area contributed by atoms with E-state index in [2.05, 4.69) is 16.4 Å². The lowest BCUT2D eigenvalue weighted by molar-refractivity contribution is 0.291. The minimum atomic E-state index is 0.111. The predicted molar refractivity (Wildman–Crippen MR) is 58.7 cm³/mol. The van der Waals surface area contributed by atoms with E-state index in [9.17, 15) is 0 Å². The van der Waals surface area contributed by atoms with Gasteiger partial charge in [-0.05, 0) is 12.1 Å². The molecular weight excluding hydrogens is 204 g/mol. The molecule has 0 aromatic carbocycles. The normalized spacial score (nSPS) is 10.5. The molecule has 0 fully saturated rings. The molecule has 2 N–H and O–H groups in total. The van der Waals surface area contributed by atoms with Crippen molar-refractivity contribution < 1.29 is 5.11 Å². The van der Waals surface area contributed by atoms with E-state index in [1.54, 1.807) is 18.5 Å². The molecule has 2 aromatic rings.